The van der Waals surface area contributed by atoms with E-state index < -0.39 is 65.6 Å². The van der Waals surface area contributed by atoms with E-state index in [4.69, 9.17) is 37.9 Å². The average molecular weight is 1040 g/mol. The Kier molecular flexibility index (Phi) is 29.1. The molecule has 0 aromatic carbocycles. The van der Waals surface area contributed by atoms with Crippen LogP contribution < -0.4 is 21.3 Å². The first-order chi connectivity index (χ1) is 33.5. The molecule has 0 fully saturated rings. The van der Waals surface area contributed by atoms with E-state index in [0.29, 0.717) is 38.8 Å². The molecule has 20 heteroatoms. The third-order valence-electron chi connectivity index (χ3n) is 11.5. The average Bonchev–Trinajstić information content (AvgIpc) is 3.26. The van der Waals surface area contributed by atoms with Crippen LogP contribution in [0.15, 0.2) is 48.6 Å². The highest BCUT2D eigenvalue weighted by Gasteiger charge is 2.36. The summed E-state index contributed by atoms with van der Waals surface area (Å²) in [5.74, 6) is -3.23. The summed E-state index contributed by atoms with van der Waals surface area (Å²) in [4.78, 5) is 99.1. The standard InChI is InChI=1S/C53H88N4O16/c1-33(2)42(58)66-29-40(30-67-43(59)34(3)4)71-47(63)54-22-20-50(12,13)24-37(9)26-56-46(62)53(18,19)70-28-39(11)52(16,17)73-49(65)57-27-38(10)25-51(14,15)21-23-55-48(64)72-41(31-68-44(60)35(5)6)32-69-45(61)36(7)8/h37-41H,1,3,5,7,20-32H2,2,4,6,8-19H3,(H,54,63)(H,55,64)(H,56,62)(H,57,65). The zero-order chi connectivity index (χ0) is 56.5. The summed E-state index contributed by atoms with van der Waals surface area (Å²) >= 11 is 0. The van der Waals surface area contributed by atoms with Crippen LogP contribution >= 0.6 is 0 Å². The second kappa shape index (κ2) is 31.6. The second-order valence-electron chi connectivity index (χ2n) is 21.7. The molecule has 73 heavy (non-hydrogen) atoms. The fraction of sp³-hybridized carbons (Fsp3) is 0.698. The van der Waals surface area contributed by atoms with Crippen LogP contribution in [0, 0.1) is 28.6 Å². The van der Waals surface area contributed by atoms with Gasteiger partial charge in [0.1, 0.15) is 37.6 Å². The molecule has 0 aliphatic heterocycles. The van der Waals surface area contributed by atoms with Gasteiger partial charge in [0.25, 0.3) is 5.91 Å². The lowest BCUT2D eigenvalue weighted by molar-refractivity contribution is -0.149. The molecule has 0 aliphatic rings. The highest BCUT2D eigenvalue weighted by Crippen LogP contribution is 2.30. The van der Waals surface area contributed by atoms with E-state index in [-0.39, 0.29) is 103 Å². The molecule has 0 rings (SSSR count). The number of hydrogen-bond acceptors (Lipinski definition) is 16. The molecule has 0 aliphatic carbocycles. The molecule has 4 amide bonds. The van der Waals surface area contributed by atoms with Gasteiger partial charge in [-0.15, -0.1) is 0 Å². The van der Waals surface area contributed by atoms with Crippen LogP contribution in [0.3, 0.4) is 0 Å². The zero-order valence-electron chi connectivity index (χ0n) is 46.4. The van der Waals surface area contributed by atoms with Crippen LogP contribution in [0.5, 0.6) is 0 Å². The number of alkyl carbamates (subject to hydrolysis) is 3. The maximum absolute atomic E-state index is 13.3. The SMILES string of the molecule is C=C(C)C(=O)OCC(COC(=O)C(=C)C)OC(=O)NCCC(C)(C)CC(C)CNC(=O)OC(C)(C)C(C)COC(C)(C)C(=O)NCC(C)CC(C)(C)CCNC(=O)OC(COC(=O)C(=C)C)COC(=O)C(=C)C. The van der Waals surface area contributed by atoms with Gasteiger partial charge in [0.15, 0.2) is 12.2 Å². The maximum atomic E-state index is 13.3. The van der Waals surface area contributed by atoms with Crippen molar-refractivity contribution in [2.45, 2.75) is 153 Å². The quantitative estimate of drug-likeness (QED) is 0.0275. The van der Waals surface area contributed by atoms with Crippen LogP contribution in [0.25, 0.3) is 0 Å². The van der Waals surface area contributed by atoms with Crippen molar-refractivity contribution in [1.29, 1.82) is 0 Å². The van der Waals surface area contributed by atoms with Crippen LogP contribution in [0.1, 0.15) is 130 Å². The summed E-state index contributed by atoms with van der Waals surface area (Å²) in [5.41, 5.74) is -2.02. The third-order valence-corrected chi connectivity index (χ3v) is 11.5. The first kappa shape index (κ1) is 67.1. The van der Waals surface area contributed by atoms with Crippen LogP contribution in [-0.2, 0) is 61.9 Å². The fourth-order valence-corrected chi connectivity index (χ4v) is 6.74. The van der Waals surface area contributed by atoms with Gasteiger partial charge in [0, 0.05) is 54.4 Å². The van der Waals surface area contributed by atoms with Crippen molar-refractivity contribution in [1.82, 2.24) is 21.3 Å². The van der Waals surface area contributed by atoms with Crippen molar-refractivity contribution in [3.63, 3.8) is 0 Å². The van der Waals surface area contributed by atoms with Crippen molar-refractivity contribution in [3.05, 3.63) is 48.6 Å². The van der Waals surface area contributed by atoms with Crippen molar-refractivity contribution in [2.24, 2.45) is 28.6 Å². The predicted molar refractivity (Wildman–Crippen MR) is 275 cm³/mol. The molecule has 0 saturated heterocycles. The first-order valence-corrected chi connectivity index (χ1v) is 24.6. The van der Waals surface area contributed by atoms with Gasteiger partial charge in [-0.25, -0.2) is 33.6 Å². The molecule has 0 bridgehead atoms. The molecule has 0 spiro atoms. The Morgan fingerprint density at radius 2 is 0.795 bits per heavy atom. The van der Waals surface area contributed by atoms with Crippen molar-refractivity contribution < 1.29 is 76.3 Å². The van der Waals surface area contributed by atoms with E-state index in [9.17, 15) is 38.4 Å². The van der Waals surface area contributed by atoms with E-state index in [2.05, 4.69) is 47.6 Å². The molecule has 20 nitrogen and oxygen atoms in total. The van der Waals surface area contributed by atoms with E-state index in [0.717, 1.165) is 0 Å². The zero-order valence-corrected chi connectivity index (χ0v) is 46.4. The summed E-state index contributed by atoms with van der Waals surface area (Å²) in [6.45, 7) is 40.9. The molecule has 0 aromatic rings. The van der Waals surface area contributed by atoms with Crippen LogP contribution in [0.2, 0.25) is 0 Å². The molecule has 0 radical (unpaired) electrons. The Morgan fingerprint density at radius 1 is 0.466 bits per heavy atom. The topological polar surface area (TPSA) is 259 Å². The van der Waals surface area contributed by atoms with E-state index >= 15 is 0 Å². The maximum Gasteiger partial charge on any atom is 0.407 e. The van der Waals surface area contributed by atoms with E-state index in [1.807, 2.05) is 48.5 Å². The van der Waals surface area contributed by atoms with Gasteiger partial charge in [0.05, 0.1) is 6.61 Å². The minimum Gasteiger partial charge on any atom is -0.458 e. The molecule has 4 N–H and O–H groups in total. The van der Waals surface area contributed by atoms with Gasteiger partial charge in [0.2, 0.25) is 0 Å². The summed E-state index contributed by atoms with van der Waals surface area (Å²) in [7, 11) is 0. The van der Waals surface area contributed by atoms with E-state index in [1.165, 1.54) is 27.7 Å². The molecule has 3 unspecified atom stereocenters. The minimum absolute atomic E-state index is 0.0379. The molecule has 416 valence electrons. The molecular formula is C53H88N4O16. The van der Waals surface area contributed by atoms with Gasteiger partial charge < -0.3 is 59.2 Å². The summed E-state index contributed by atoms with van der Waals surface area (Å²) in [6, 6.07) is 0. The van der Waals surface area contributed by atoms with Crippen molar-refractivity contribution >= 4 is 48.1 Å². The number of carbonyl (C=O) groups excluding carboxylic acids is 8. The number of nitrogens with one attached hydrogen (secondary N) is 4. The smallest absolute Gasteiger partial charge is 0.407 e. The molecular weight excluding hydrogens is 949 g/mol. The lowest BCUT2D eigenvalue weighted by Gasteiger charge is -2.34. The number of ether oxygens (including phenoxy) is 8. The number of hydrogen-bond donors (Lipinski definition) is 4. The van der Waals surface area contributed by atoms with E-state index in [1.54, 1.807) is 27.7 Å². The lowest BCUT2D eigenvalue weighted by Crippen LogP contribution is -2.48. The monoisotopic (exact) mass is 1040 g/mol. The first-order valence-electron chi connectivity index (χ1n) is 24.6. The van der Waals surface area contributed by atoms with Crippen molar-refractivity contribution in [2.75, 3.05) is 59.2 Å². The van der Waals surface area contributed by atoms with Gasteiger partial charge in [-0.2, -0.15) is 0 Å². The second-order valence-corrected chi connectivity index (χ2v) is 21.7. The van der Waals surface area contributed by atoms with Crippen LogP contribution in [-0.4, -0.2) is 131 Å². The largest absolute Gasteiger partial charge is 0.458 e. The van der Waals surface area contributed by atoms with Gasteiger partial charge in [-0.1, -0.05) is 74.8 Å². The number of rotatable bonds is 34. The fourth-order valence-electron chi connectivity index (χ4n) is 6.74. The number of amides is 4. The Hall–Kier alpha value is -5.92. The molecule has 0 aromatic heterocycles. The Morgan fingerprint density at radius 3 is 1.12 bits per heavy atom. The summed E-state index contributed by atoms with van der Waals surface area (Å²) in [5, 5.41) is 11.2. The predicted octanol–water partition coefficient (Wildman–Crippen LogP) is 7.59. The van der Waals surface area contributed by atoms with Crippen LogP contribution in [0.4, 0.5) is 14.4 Å². The van der Waals surface area contributed by atoms with Crippen molar-refractivity contribution in [3.8, 4) is 0 Å². The van der Waals surface area contributed by atoms with Gasteiger partial charge >= 0.3 is 42.2 Å². The Balaban J connectivity index is 4.92. The molecule has 0 heterocycles. The highest BCUT2D eigenvalue weighted by molar-refractivity contribution is 5.88. The van der Waals surface area contributed by atoms with Gasteiger partial charge in [-0.3, -0.25) is 4.79 Å². The number of esters is 4. The Bertz CT molecular complexity index is 1880. The Labute approximate surface area is 433 Å². The third kappa shape index (κ3) is 30.0. The minimum atomic E-state index is -1.20. The highest BCUT2D eigenvalue weighted by atomic mass is 16.6. The van der Waals surface area contributed by atoms with Gasteiger partial charge in [-0.05, 0) is 104 Å². The molecule has 3 atom stereocenters. The lowest BCUT2D eigenvalue weighted by atomic mass is 9.80. The number of carbonyl (C=O) groups is 8. The normalized spacial score (nSPS) is 13.0. The summed E-state index contributed by atoms with van der Waals surface area (Å²) < 4.78 is 43.0. The molecule has 0 saturated carbocycles. The summed E-state index contributed by atoms with van der Waals surface area (Å²) in [6.07, 6.45) is -1.74.